The molecule has 0 spiro atoms. The summed E-state index contributed by atoms with van der Waals surface area (Å²) in [5.74, 6) is 1.06. The maximum atomic E-state index is 13.1. The lowest BCUT2D eigenvalue weighted by atomic mass is 9.84. The highest BCUT2D eigenvalue weighted by atomic mass is 32.2. The van der Waals surface area contributed by atoms with Gasteiger partial charge in [0.05, 0.1) is 18.0 Å². The van der Waals surface area contributed by atoms with Crippen molar-refractivity contribution in [2.45, 2.75) is 23.4 Å². The van der Waals surface area contributed by atoms with Gasteiger partial charge >= 0.3 is 6.03 Å². The topological polar surface area (TPSA) is 123 Å². The average Bonchev–Trinajstić information content (AvgIpc) is 3.15. The molecule has 1 heterocycles. The first-order valence-corrected chi connectivity index (χ1v) is 11.9. The van der Waals surface area contributed by atoms with E-state index in [4.69, 9.17) is 9.47 Å². The molecular formula is C24H23N3O6S. The Morgan fingerprint density at radius 1 is 0.853 bits per heavy atom. The van der Waals surface area contributed by atoms with Gasteiger partial charge in [0.2, 0.25) is 10.0 Å². The van der Waals surface area contributed by atoms with E-state index in [-0.39, 0.29) is 4.90 Å². The molecule has 0 radical (unpaired) electrons. The van der Waals surface area contributed by atoms with Crippen LogP contribution in [0.4, 0.5) is 4.79 Å². The fourth-order valence-electron chi connectivity index (χ4n) is 3.78. The predicted octanol–water partition coefficient (Wildman–Crippen LogP) is 2.89. The molecule has 0 aliphatic carbocycles. The van der Waals surface area contributed by atoms with E-state index in [1.54, 1.807) is 61.7 Å². The highest BCUT2D eigenvalue weighted by Crippen LogP contribution is 2.30. The largest absolute Gasteiger partial charge is 0.497 e. The highest BCUT2D eigenvalue weighted by molar-refractivity contribution is 7.89. The van der Waals surface area contributed by atoms with Crippen LogP contribution in [0.2, 0.25) is 0 Å². The lowest BCUT2D eigenvalue weighted by Crippen LogP contribution is -2.58. The van der Waals surface area contributed by atoms with Crippen molar-refractivity contribution < 1.29 is 27.5 Å². The number of amides is 3. The number of imide groups is 1. The number of rotatable bonds is 8. The summed E-state index contributed by atoms with van der Waals surface area (Å²) in [7, 11) is -2.47. The van der Waals surface area contributed by atoms with Gasteiger partial charge in [-0.1, -0.05) is 30.3 Å². The van der Waals surface area contributed by atoms with Crippen LogP contribution in [0.25, 0.3) is 0 Å². The summed E-state index contributed by atoms with van der Waals surface area (Å²) in [6.07, 6.45) is 0. The van der Waals surface area contributed by atoms with E-state index in [0.717, 1.165) is 0 Å². The number of hydrogen-bond donors (Lipinski definition) is 3. The number of carbonyl (C=O) groups excluding carboxylic acids is 2. The van der Waals surface area contributed by atoms with Gasteiger partial charge in [-0.15, -0.1) is 0 Å². The van der Waals surface area contributed by atoms with E-state index in [9.17, 15) is 18.0 Å². The molecule has 1 aliphatic rings. The molecule has 3 aromatic carbocycles. The summed E-state index contributed by atoms with van der Waals surface area (Å²) < 4.78 is 39.6. The Morgan fingerprint density at radius 3 is 1.94 bits per heavy atom. The number of benzene rings is 3. The molecule has 3 N–H and O–H groups in total. The van der Waals surface area contributed by atoms with E-state index in [2.05, 4.69) is 15.4 Å². The average molecular weight is 482 g/mol. The van der Waals surface area contributed by atoms with Crippen molar-refractivity contribution in [1.82, 2.24) is 15.4 Å². The molecule has 176 valence electrons. The first kappa shape index (κ1) is 23.3. The third-order valence-corrected chi connectivity index (χ3v) is 7.09. The van der Waals surface area contributed by atoms with Gasteiger partial charge in [0.15, 0.2) is 5.54 Å². The summed E-state index contributed by atoms with van der Waals surface area (Å²) in [6, 6.07) is 19.6. The van der Waals surface area contributed by atoms with Crippen molar-refractivity contribution in [1.29, 1.82) is 0 Å². The van der Waals surface area contributed by atoms with Crippen LogP contribution in [-0.4, -0.2) is 33.5 Å². The standard InChI is InChI=1S/C24H23N3O6S/c1-16(24(17-6-4-3-5-7-17)22(28)25-23(29)26-24)27-34(30,31)21-14-12-20(13-15-21)33-19-10-8-18(32-2)9-11-19/h3-16,27H,1-2H3,(H2,25,26,28,29)/t16-,24+/m1/s1. The Labute approximate surface area is 197 Å². The van der Waals surface area contributed by atoms with Gasteiger partial charge in [-0.3, -0.25) is 10.1 Å². The molecule has 0 aromatic heterocycles. The first-order valence-electron chi connectivity index (χ1n) is 10.4. The molecule has 4 rings (SSSR count). The monoisotopic (exact) mass is 481 g/mol. The second kappa shape index (κ2) is 9.16. The second-order valence-electron chi connectivity index (χ2n) is 7.67. The molecule has 3 aromatic rings. The summed E-state index contributed by atoms with van der Waals surface area (Å²) in [5, 5.41) is 4.80. The molecule has 34 heavy (non-hydrogen) atoms. The van der Waals surface area contributed by atoms with Crippen molar-refractivity contribution in [3.8, 4) is 17.2 Å². The third-order valence-electron chi connectivity index (χ3n) is 5.54. The predicted molar refractivity (Wildman–Crippen MR) is 124 cm³/mol. The summed E-state index contributed by atoms with van der Waals surface area (Å²) in [4.78, 5) is 24.7. The second-order valence-corrected chi connectivity index (χ2v) is 9.39. The number of nitrogens with one attached hydrogen (secondary N) is 3. The molecule has 3 amide bonds. The number of hydrogen-bond acceptors (Lipinski definition) is 6. The molecule has 0 bridgehead atoms. The van der Waals surface area contributed by atoms with Crippen molar-refractivity contribution in [2.75, 3.05) is 7.11 Å². The van der Waals surface area contributed by atoms with Gasteiger partial charge in [0, 0.05) is 0 Å². The van der Waals surface area contributed by atoms with Crippen LogP contribution in [0.3, 0.4) is 0 Å². The lowest BCUT2D eigenvalue weighted by Gasteiger charge is -2.33. The van der Waals surface area contributed by atoms with E-state index in [1.165, 1.54) is 31.2 Å². The van der Waals surface area contributed by atoms with Crippen LogP contribution in [0, 0.1) is 0 Å². The molecule has 0 saturated carbocycles. The first-order chi connectivity index (χ1) is 16.2. The molecule has 1 fully saturated rings. The van der Waals surface area contributed by atoms with Gasteiger partial charge < -0.3 is 14.8 Å². The molecule has 0 unspecified atom stereocenters. The number of methoxy groups -OCH3 is 1. The highest BCUT2D eigenvalue weighted by Gasteiger charge is 2.52. The van der Waals surface area contributed by atoms with Crippen LogP contribution in [-0.2, 0) is 20.4 Å². The Bertz CT molecular complexity index is 1290. The molecule has 2 atom stereocenters. The van der Waals surface area contributed by atoms with E-state index in [1.807, 2.05) is 0 Å². The van der Waals surface area contributed by atoms with Gasteiger partial charge in [-0.05, 0) is 61.0 Å². The van der Waals surface area contributed by atoms with Crippen LogP contribution < -0.4 is 24.8 Å². The fraction of sp³-hybridized carbons (Fsp3) is 0.167. The van der Waals surface area contributed by atoms with E-state index < -0.39 is 33.5 Å². The maximum Gasteiger partial charge on any atom is 0.322 e. The van der Waals surface area contributed by atoms with Crippen molar-refractivity contribution in [3.05, 3.63) is 84.4 Å². The molecule has 1 saturated heterocycles. The zero-order valence-electron chi connectivity index (χ0n) is 18.4. The SMILES string of the molecule is COc1ccc(Oc2ccc(S(=O)(=O)N[C@H](C)[C@@]3(c4ccccc4)NC(=O)NC3=O)cc2)cc1. The summed E-state index contributed by atoms with van der Waals surface area (Å²) in [6.45, 7) is 1.52. The zero-order valence-corrected chi connectivity index (χ0v) is 19.3. The zero-order chi connectivity index (χ0) is 24.3. The summed E-state index contributed by atoms with van der Waals surface area (Å²) >= 11 is 0. The van der Waals surface area contributed by atoms with Crippen LogP contribution >= 0.6 is 0 Å². The van der Waals surface area contributed by atoms with Gasteiger partial charge in [-0.2, -0.15) is 0 Å². The van der Waals surface area contributed by atoms with Crippen LogP contribution in [0.1, 0.15) is 12.5 Å². The molecule has 9 nitrogen and oxygen atoms in total. The quantitative estimate of drug-likeness (QED) is 0.425. The number of sulfonamides is 1. The minimum Gasteiger partial charge on any atom is -0.497 e. The van der Waals surface area contributed by atoms with E-state index in [0.29, 0.717) is 22.8 Å². The molecular weight excluding hydrogens is 458 g/mol. The fourth-order valence-corrected chi connectivity index (χ4v) is 5.06. The minimum absolute atomic E-state index is 0.0191. The van der Waals surface area contributed by atoms with E-state index >= 15 is 0 Å². The molecule has 10 heteroatoms. The minimum atomic E-state index is -4.04. The number of carbonyl (C=O) groups is 2. The summed E-state index contributed by atoms with van der Waals surface area (Å²) in [5.41, 5.74) is -1.14. The van der Waals surface area contributed by atoms with Crippen LogP contribution in [0.5, 0.6) is 17.2 Å². The maximum absolute atomic E-state index is 13.1. The van der Waals surface area contributed by atoms with Gasteiger partial charge in [0.25, 0.3) is 5.91 Å². The Kier molecular flexibility index (Phi) is 6.27. The number of urea groups is 1. The Balaban J connectivity index is 1.54. The normalized spacial score (nSPS) is 18.6. The van der Waals surface area contributed by atoms with Gasteiger partial charge in [-0.25, -0.2) is 17.9 Å². The molecule has 1 aliphatic heterocycles. The number of ether oxygens (including phenoxy) is 2. The lowest BCUT2D eigenvalue weighted by molar-refractivity contribution is -0.125. The van der Waals surface area contributed by atoms with Crippen molar-refractivity contribution >= 4 is 22.0 Å². The van der Waals surface area contributed by atoms with Crippen LogP contribution in [0.15, 0.2) is 83.8 Å². The Morgan fingerprint density at radius 2 is 1.41 bits per heavy atom. The van der Waals surface area contributed by atoms with Crippen molar-refractivity contribution in [3.63, 3.8) is 0 Å². The Hall–Kier alpha value is -3.89. The smallest absolute Gasteiger partial charge is 0.322 e. The third kappa shape index (κ3) is 4.45. The van der Waals surface area contributed by atoms with Gasteiger partial charge in [0.1, 0.15) is 17.2 Å². The van der Waals surface area contributed by atoms with Crippen molar-refractivity contribution in [2.24, 2.45) is 0 Å².